The molecule has 114 valence electrons. The molecule has 0 bridgehead atoms. The number of pyridine rings is 1. The molecule has 1 aromatic carbocycles. The Labute approximate surface area is 129 Å². The Morgan fingerprint density at radius 3 is 2.77 bits per heavy atom. The molecule has 22 heavy (non-hydrogen) atoms. The van der Waals surface area contributed by atoms with E-state index in [9.17, 15) is 13.2 Å². The van der Waals surface area contributed by atoms with E-state index in [1.54, 1.807) is 18.6 Å². The Bertz CT molecular complexity index is 811. The van der Waals surface area contributed by atoms with Crippen LogP contribution in [0.25, 0.3) is 11.0 Å². The summed E-state index contributed by atoms with van der Waals surface area (Å²) in [5, 5.41) is 0.718. The molecule has 3 nitrogen and oxygen atoms in total. The fraction of sp³-hybridized carbons (Fsp3) is 0.200. The molecule has 0 saturated heterocycles. The van der Waals surface area contributed by atoms with Crippen LogP contribution in [0.5, 0.6) is 0 Å². The lowest BCUT2D eigenvalue weighted by atomic mass is 10.1. The second-order valence-corrected chi connectivity index (χ2v) is 5.79. The molecule has 0 aliphatic carbocycles. The summed E-state index contributed by atoms with van der Waals surface area (Å²) in [4.78, 5) is 8.56. The van der Waals surface area contributed by atoms with Crippen LogP contribution in [0.3, 0.4) is 0 Å². The van der Waals surface area contributed by atoms with E-state index in [4.69, 9.17) is 0 Å². The predicted octanol–water partition coefficient (Wildman–Crippen LogP) is 4.28. The summed E-state index contributed by atoms with van der Waals surface area (Å²) in [6.07, 6.45) is -0.945. The molecule has 0 atom stereocenters. The maximum Gasteiger partial charge on any atom is 0.416 e. The molecule has 0 N–H and O–H groups in total. The van der Waals surface area contributed by atoms with Gasteiger partial charge in [-0.15, -0.1) is 0 Å². The van der Waals surface area contributed by atoms with Gasteiger partial charge in [-0.1, -0.05) is 30.0 Å². The molecule has 0 aliphatic heterocycles. The van der Waals surface area contributed by atoms with Gasteiger partial charge in [0.15, 0.2) is 0 Å². The SMILES string of the molecule is Cn1cnc2c(SCc3cccc(C(F)(F)F)c3)nccc21. The number of imidazole rings is 1. The van der Waals surface area contributed by atoms with Gasteiger partial charge in [0.2, 0.25) is 0 Å². The quantitative estimate of drug-likeness (QED) is 0.674. The predicted molar refractivity (Wildman–Crippen MR) is 79.5 cm³/mol. The van der Waals surface area contributed by atoms with Crippen molar-refractivity contribution in [3.63, 3.8) is 0 Å². The van der Waals surface area contributed by atoms with Crippen LogP contribution in [0, 0.1) is 0 Å². The number of aromatic nitrogens is 3. The van der Waals surface area contributed by atoms with Crippen LogP contribution in [0.2, 0.25) is 0 Å². The van der Waals surface area contributed by atoms with Crippen LogP contribution < -0.4 is 0 Å². The molecule has 0 unspecified atom stereocenters. The van der Waals surface area contributed by atoms with Gasteiger partial charge < -0.3 is 4.57 Å². The van der Waals surface area contributed by atoms with Crippen LogP contribution in [0.1, 0.15) is 11.1 Å². The fourth-order valence-electron chi connectivity index (χ4n) is 2.13. The third-order valence-electron chi connectivity index (χ3n) is 3.24. The first-order valence-corrected chi connectivity index (χ1v) is 7.48. The number of fused-ring (bicyclic) bond motifs is 1. The normalized spacial score (nSPS) is 12.0. The van der Waals surface area contributed by atoms with Crippen LogP contribution >= 0.6 is 11.8 Å². The van der Waals surface area contributed by atoms with E-state index in [1.165, 1.54) is 23.9 Å². The third kappa shape index (κ3) is 2.94. The molecule has 0 aliphatic rings. The molecule has 0 saturated carbocycles. The van der Waals surface area contributed by atoms with Crippen LogP contribution in [-0.2, 0) is 19.0 Å². The molecular formula is C15H12F3N3S. The number of aryl methyl sites for hydroxylation is 1. The van der Waals surface area contributed by atoms with Crippen molar-refractivity contribution in [3.8, 4) is 0 Å². The minimum atomic E-state index is -4.32. The Morgan fingerprint density at radius 1 is 1.18 bits per heavy atom. The highest BCUT2D eigenvalue weighted by atomic mass is 32.2. The molecule has 7 heteroatoms. The van der Waals surface area contributed by atoms with Gasteiger partial charge >= 0.3 is 6.18 Å². The van der Waals surface area contributed by atoms with Gasteiger partial charge in [0.25, 0.3) is 0 Å². The van der Waals surface area contributed by atoms with Gasteiger partial charge in [0, 0.05) is 19.0 Å². The largest absolute Gasteiger partial charge is 0.416 e. The van der Waals surface area contributed by atoms with E-state index in [-0.39, 0.29) is 0 Å². The van der Waals surface area contributed by atoms with E-state index >= 15 is 0 Å². The third-order valence-corrected chi connectivity index (χ3v) is 4.29. The number of alkyl halides is 3. The number of rotatable bonds is 3. The molecule has 0 fully saturated rings. The minimum Gasteiger partial charge on any atom is -0.334 e. The number of benzene rings is 1. The summed E-state index contributed by atoms with van der Waals surface area (Å²) in [6, 6.07) is 7.21. The maximum absolute atomic E-state index is 12.7. The first kappa shape index (κ1) is 14.9. The molecule has 2 heterocycles. The van der Waals surface area contributed by atoms with Crippen molar-refractivity contribution in [2.24, 2.45) is 7.05 Å². The number of hydrogen-bond acceptors (Lipinski definition) is 3. The van der Waals surface area contributed by atoms with E-state index in [2.05, 4.69) is 9.97 Å². The van der Waals surface area contributed by atoms with E-state index in [1.807, 2.05) is 17.7 Å². The van der Waals surface area contributed by atoms with Crippen molar-refractivity contribution in [2.75, 3.05) is 0 Å². The second kappa shape index (κ2) is 5.64. The first-order valence-electron chi connectivity index (χ1n) is 6.50. The number of thioether (sulfide) groups is 1. The number of nitrogens with zero attached hydrogens (tertiary/aromatic N) is 3. The minimum absolute atomic E-state index is 0.409. The van der Waals surface area contributed by atoms with Gasteiger partial charge in [-0.25, -0.2) is 9.97 Å². The van der Waals surface area contributed by atoms with Crippen molar-refractivity contribution in [1.29, 1.82) is 0 Å². The van der Waals surface area contributed by atoms with Gasteiger partial charge in [0.05, 0.1) is 17.4 Å². The Balaban J connectivity index is 1.83. The zero-order valence-corrected chi connectivity index (χ0v) is 12.4. The molecule has 0 spiro atoms. The van der Waals surface area contributed by atoms with E-state index in [0.29, 0.717) is 11.3 Å². The highest BCUT2D eigenvalue weighted by molar-refractivity contribution is 7.98. The first-order chi connectivity index (χ1) is 10.4. The summed E-state index contributed by atoms with van der Waals surface area (Å²) in [5.74, 6) is 0.409. The molecule has 2 aromatic heterocycles. The monoisotopic (exact) mass is 323 g/mol. The van der Waals surface area contributed by atoms with Gasteiger partial charge in [0.1, 0.15) is 10.5 Å². The summed E-state index contributed by atoms with van der Waals surface area (Å²) < 4.78 is 40.0. The standard InChI is InChI=1S/C15H12F3N3S/c1-21-9-20-13-12(21)5-6-19-14(13)22-8-10-3-2-4-11(7-10)15(16,17)18/h2-7,9H,8H2,1H3. The van der Waals surface area contributed by atoms with Gasteiger partial charge in [-0.2, -0.15) is 13.2 Å². The van der Waals surface area contributed by atoms with Crippen molar-refractivity contribution in [1.82, 2.24) is 14.5 Å². The Morgan fingerprint density at radius 2 is 2.00 bits per heavy atom. The molecule has 0 radical (unpaired) electrons. The summed E-state index contributed by atoms with van der Waals surface area (Å²) in [6.45, 7) is 0. The lowest BCUT2D eigenvalue weighted by Gasteiger charge is -2.08. The van der Waals surface area contributed by atoms with Crippen LogP contribution in [0.15, 0.2) is 47.9 Å². The highest BCUT2D eigenvalue weighted by Crippen LogP contribution is 2.32. The summed E-state index contributed by atoms with van der Waals surface area (Å²) in [5.41, 5.74) is 1.69. The van der Waals surface area contributed by atoms with Crippen molar-refractivity contribution in [2.45, 2.75) is 17.0 Å². The zero-order valence-electron chi connectivity index (χ0n) is 11.6. The number of hydrogen-bond donors (Lipinski definition) is 0. The maximum atomic E-state index is 12.7. The fourth-order valence-corrected chi connectivity index (χ4v) is 3.04. The summed E-state index contributed by atoms with van der Waals surface area (Å²) in [7, 11) is 1.89. The lowest BCUT2D eigenvalue weighted by Crippen LogP contribution is -2.04. The smallest absolute Gasteiger partial charge is 0.334 e. The molecule has 3 rings (SSSR count). The molecule has 0 amide bonds. The average Bonchev–Trinajstić information content (AvgIpc) is 2.87. The van der Waals surface area contributed by atoms with Gasteiger partial charge in [-0.05, 0) is 17.7 Å². The topological polar surface area (TPSA) is 30.7 Å². The van der Waals surface area contributed by atoms with Crippen molar-refractivity contribution >= 4 is 22.8 Å². The molecular weight excluding hydrogens is 311 g/mol. The zero-order chi connectivity index (χ0) is 15.7. The van der Waals surface area contributed by atoms with Crippen LogP contribution in [-0.4, -0.2) is 14.5 Å². The second-order valence-electron chi connectivity index (χ2n) is 4.83. The Kier molecular flexibility index (Phi) is 3.82. The molecule has 3 aromatic rings. The van der Waals surface area contributed by atoms with Crippen molar-refractivity contribution in [3.05, 3.63) is 54.0 Å². The van der Waals surface area contributed by atoms with Crippen LogP contribution in [0.4, 0.5) is 13.2 Å². The average molecular weight is 323 g/mol. The Hall–Kier alpha value is -2.02. The number of halogens is 3. The summed E-state index contributed by atoms with van der Waals surface area (Å²) >= 11 is 1.38. The lowest BCUT2D eigenvalue weighted by molar-refractivity contribution is -0.137. The van der Waals surface area contributed by atoms with E-state index in [0.717, 1.165) is 22.1 Å². The van der Waals surface area contributed by atoms with Crippen molar-refractivity contribution < 1.29 is 13.2 Å². The van der Waals surface area contributed by atoms with Gasteiger partial charge in [-0.3, -0.25) is 0 Å². The van der Waals surface area contributed by atoms with E-state index < -0.39 is 11.7 Å². The highest BCUT2D eigenvalue weighted by Gasteiger charge is 2.30.